The lowest BCUT2D eigenvalue weighted by molar-refractivity contribution is 0.112. The lowest BCUT2D eigenvalue weighted by Crippen LogP contribution is -2.39. The first-order chi connectivity index (χ1) is 8.49. The van der Waals surface area contributed by atoms with Gasteiger partial charge in [0.15, 0.2) is 0 Å². The van der Waals surface area contributed by atoms with E-state index in [1.807, 2.05) is 0 Å². The predicted octanol–water partition coefficient (Wildman–Crippen LogP) is 1.81. The molecule has 106 valence electrons. The van der Waals surface area contributed by atoms with Crippen LogP contribution in [0.25, 0.3) is 0 Å². The van der Waals surface area contributed by atoms with E-state index in [-0.39, 0.29) is 26.4 Å². The van der Waals surface area contributed by atoms with Crippen LogP contribution in [0.3, 0.4) is 0 Å². The van der Waals surface area contributed by atoms with Crippen LogP contribution < -0.4 is 5.43 Å². The number of carbonyl (C=O) groups is 1. The molecule has 9 heteroatoms. The van der Waals surface area contributed by atoms with Gasteiger partial charge in [0.2, 0.25) is 0 Å². The van der Waals surface area contributed by atoms with Crippen molar-refractivity contribution in [3.63, 3.8) is 0 Å². The molecule has 0 rings (SSSR count). The van der Waals surface area contributed by atoms with Crippen molar-refractivity contribution in [2.45, 2.75) is 13.8 Å². The van der Waals surface area contributed by atoms with Gasteiger partial charge in [-0.2, -0.15) is 0 Å². The average Bonchev–Trinajstić information content (AvgIpc) is 2.29. The first kappa shape index (κ1) is 17.1. The molecule has 0 saturated heterocycles. The van der Waals surface area contributed by atoms with E-state index in [1.54, 1.807) is 13.8 Å². The van der Waals surface area contributed by atoms with E-state index in [0.29, 0.717) is 0 Å². The fourth-order valence-corrected chi connectivity index (χ4v) is 2.13. The summed E-state index contributed by atoms with van der Waals surface area (Å²) >= 11 is 0. The zero-order valence-electron chi connectivity index (χ0n) is 10.5. The Kier molecular flexibility index (Phi) is 8.61. The van der Waals surface area contributed by atoms with E-state index in [1.165, 1.54) is 0 Å². The minimum Gasteiger partial charge on any atom is -0.464 e. The Morgan fingerprint density at radius 2 is 1.94 bits per heavy atom. The second-order valence-electron chi connectivity index (χ2n) is 2.86. The minimum absolute atomic E-state index is 0.0328. The van der Waals surface area contributed by atoms with Gasteiger partial charge in [0.05, 0.1) is 19.8 Å². The molecular formula is C9H19N2O6P. The molecule has 2 N–H and O–H groups in total. The van der Waals surface area contributed by atoms with Crippen molar-refractivity contribution in [2.24, 2.45) is 0 Å². The van der Waals surface area contributed by atoms with E-state index >= 15 is 0 Å². The van der Waals surface area contributed by atoms with Gasteiger partial charge in [-0.15, -0.1) is 0 Å². The Hall–Kier alpha value is -0.920. The largest absolute Gasteiger partial charge is 0.474 e. The van der Waals surface area contributed by atoms with Gasteiger partial charge in [0.25, 0.3) is 0 Å². The number of hydrogen-bond donors (Lipinski definition) is 2. The van der Waals surface area contributed by atoms with E-state index < -0.39 is 13.9 Å². The van der Waals surface area contributed by atoms with Gasteiger partial charge in [0, 0.05) is 12.7 Å². The van der Waals surface area contributed by atoms with Crippen LogP contribution in [-0.4, -0.2) is 42.6 Å². The summed E-state index contributed by atoms with van der Waals surface area (Å²) in [6, 6.07) is 0. The van der Waals surface area contributed by atoms with Crippen LogP contribution in [0.5, 0.6) is 0 Å². The quantitative estimate of drug-likeness (QED) is 0.358. The molecule has 0 bridgehead atoms. The lowest BCUT2D eigenvalue weighted by Gasteiger charge is -2.18. The maximum absolute atomic E-state index is 11.8. The number of nitrogens with zero attached hydrogens (tertiary/aromatic N) is 1. The van der Waals surface area contributed by atoms with E-state index in [4.69, 9.17) is 18.7 Å². The first-order valence-electron chi connectivity index (χ1n) is 5.41. The molecule has 0 heterocycles. The molecule has 18 heavy (non-hydrogen) atoms. The molecule has 0 radical (unpaired) electrons. The summed E-state index contributed by atoms with van der Waals surface area (Å²) in [6.07, 6.45) is -0.115. The zero-order valence-corrected chi connectivity index (χ0v) is 11.4. The molecule has 0 aliphatic carbocycles. The molecule has 0 spiro atoms. The smallest absolute Gasteiger partial charge is 0.464 e. The molecule has 8 nitrogen and oxygen atoms in total. The summed E-state index contributed by atoms with van der Waals surface area (Å²) in [6.45, 7) is 7.10. The molecule has 0 unspecified atom stereocenters. The molecule has 0 aliphatic rings. The Morgan fingerprint density at radius 1 is 1.39 bits per heavy atom. The van der Waals surface area contributed by atoms with Crippen LogP contribution in [-0.2, 0) is 18.1 Å². The van der Waals surface area contributed by atoms with Crippen molar-refractivity contribution in [1.29, 1.82) is 0 Å². The van der Waals surface area contributed by atoms with Crippen LogP contribution in [0.15, 0.2) is 12.8 Å². The fraction of sp³-hybridized carbons (Fsp3) is 0.667. The predicted molar refractivity (Wildman–Crippen MR) is 64.9 cm³/mol. The number of nitrogens with one attached hydrogen (secondary N) is 1. The second-order valence-corrected chi connectivity index (χ2v) is 4.53. The number of phosphoric acid groups is 1. The molecular weight excluding hydrogens is 263 g/mol. The number of hydrogen-bond acceptors (Lipinski definition) is 6. The Balaban J connectivity index is 4.03. The highest BCUT2D eigenvalue weighted by atomic mass is 31.2. The number of phosphoric ester groups is 1. The zero-order chi connectivity index (χ0) is 14.0. The van der Waals surface area contributed by atoms with Gasteiger partial charge >= 0.3 is 13.9 Å². The number of amides is 1. The third kappa shape index (κ3) is 6.73. The molecule has 0 aromatic heterocycles. The summed E-state index contributed by atoms with van der Waals surface area (Å²) in [5, 5.41) is 9.41. The van der Waals surface area contributed by atoms with Crippen molar-refractivity contribution in [3.05, 3.63) is 12.8 Å². The van der Waals surface area contributed by atoms with Crippen molar-refractivity contribution in [1.82, 2.24) is 10.4 Å². The number of carboxylic acid groups (broad SMARTS) is 1. The molecule has 0 atom stereocenters. The Labute approximate surface area is 106 Å². The van der Waals surface area contributed by atoms with Crippen LogP contribution in [0.2, 0.25) is 0 Å². The molecule has 0 aromatic rings. The molecule has 0 fully saturated rings. The normalized spacial score (nSPS) is 11.2. The van der Waals surface area contributed by atoms with Crippen LogP contribution in [0.1, 0.15) is 13.8 Å². The number of hydrazine groups is 1. The third-order valence-corrected chi connectivity index (χ3v) is 3.24. The van der Waals surface area contributed by atoms with Crippen molar-refractivity contribution >= 4 is 13.9 Å². The van der Waals surface area contributed by atoms with E-state index in [9.17, 15) is 9.36 Å². The fourth-order valence-electron chi connectivity index (χ4n) is 0.962. The van der Waals surface area contributed by atoms with Crippen LogP contribution in [0.4, 0.5) is 4.79 Å². The van der Waals surface area contributed by atoms with Gasteiger partial charge in [-0.1, -0.05) is 6.58 Å². The second kappa shape index (κ2) is 9.07. The van der Waals surface area contributed by atoms with E-state index in [0.717, 1.165) is 11.2 Å². The monoisotopic (exact) mass is 282 g/mol. The molecule has 0 aliphatic heterocycles. The van der Waals surface area contributed by atoms with Gasteiger partial charge in [-0.3, -0.25) is 13.6 Å². The summed E-state index contributed by atoms with van der Waals surface area (Å²) in [7, 11) is -3.54. The topological polar surface area (TPSA) is 97.3 Å². The number of rotatable bonds is 10. The van der Waals surface area contributed by atoms with Gasteiger partial charge in [-0.05, 0) is 13.8 Å². The molecule has 0 aromatic carbocycles. The summed E-state index contributed by atoms with van der Waals surface area (Å²) in [4.78, 5) is 10.6. The maximum Gasteiger partial charge on any atom is 0.474 e. The van der Waals surface area contributed by atoms with E-state index in [2.05, 4.69) is 12.0 Å². The van der Waals surface area contributed by atoms with Gasteiger partial charge in [0.1, 0.15) is 0 Å². The molecule has 1 amide bonds. The highest BCUT2D eigenvalue weighted by Crippen LogP contribution is 2.48. The summed E-state index contributed by atoms with van der Waals surface area (Å²) in [5.41, 5.74) is 2.48. The minimum atomic E-state index is -3.54. The van der Waals surface area contributed by atoms with Gasteiger partial charge < -0.3 is 5.11 Å². The average molecular weight is 282 g/mol. The van der Waals surface area contributed by atoms with Gasteiger partial charge in [-0.25, -0.2) is 19.8 Å². The van der Waals surface area contributed by atoms with Crippen LogP contribution in [0, 0.1) is 0 Å². The Morgan fingerprint density at radius 3 is 2.33 bits per heavy atom. The summed E-state index contributed by atoms with van der Waals surface area (Å²) < 4.78 is 26.6. The third-order valence-electron chi connectivity index (χ3n) is 1.60. The molecule has 0 saturated carbocycles. The highest BCUT2D eigenvalue weighted by Gasteiger charge is 2.24. The van der Waals surface area contributed by atoms with Crippen molar-refractivity contribution in [3.8, 4) is 0 Å². The summed E-state index contributed by atoms with van der Waals surface area (Å²) in [5.74, 6) is 0. The highest BCUT2D eigenvalue weighted by molar-refractivity contribution is 7.48. The Bertz CT molecular complexity index is 301. The van der Waals surface area contributed by atoms with Crippen LogP contribution >= 0.6 is 7.82 Å². The van der Waals surface area contributed by atoms with Crippen molar-refractivity contribution in [2.75, 3.05) is 26.4 Å². The standard InChI is InChI=1S/C9H19N2O6P/c1-4-11(9(12)13)10-7-8-17-18(14,15-5-2)16-6-3/h4,10H,1,5-8H2,2-3H3,(H,12,13). The maximum atomic E-state index is 11.8. The SMILES string of the molecule is C=CN(NCCOP(=O)(OCC)OCC)C(=O)O. The first-order valence-corrected chi connectivity index (χ1v) is 6.87. The lowest BCUT2D eigenvalue weighted by atomic mass is 10.7. The van der Waals surface area contributed by atoms with Crippen molar-refractivity contribution < 1.29 is 28.0 Å².